The maximum atomic E-state index is 11.7. The summed E-state index contributed by atoms with van der Waals surface area (Å²) in [6, 6.07) is 13.7. The van der Waals surface area contributed by atoms with Crippen molar-refractivity contribution in [1.82, 2.24) is 0 Å². The number of rotatable bonds is 2. The van der Waals surface area contributed by atoms with E-state index in [1.807, 2.05) is 42.5 Å². The SMILES string of the molecule is C=C(C)C(=O)c1ccc2ccccc2c1. The Morgan fingerprint density at radius 2 is 1.73 bits per heavy atom. The van der Waals surface area contributed by atoms with E-state index >= 15 is 0 Å². The van der Waals surface area contributed by atoms with E-state index in [1.54, 1.807) is 6.92 Å². The molecule has 0 atom stereocenters. The molecule has 0 amide bonds. The van der Waals surface area contributed by atoms with Gasteiger partial charge < -0.3 is 0 Å². The lowest BCUT2D eigenvalue weighted by molar-refractivity contribution is 0.103. The molecule has 0 unspecified atom stereocenters. The lowest BCUT2D eigenvalue weighted by Crippen LogP contribution is -1.98. The first-order valence-corrected chi connectivity index (χ1v) is 4.87. The highest BCUT2D eigenvalue weighted by molar-refractivity contribution is 6.09. The summed E-state index contributed by atoms with van der Waals surface area (Å²) in [4.78, 5) is 11.7. The zero-order valence-corrected chi connectivity index (χ0v) is 8.66. The molecule has 0 aliphatic carbocycles. The normalized spacial score (nSPS) is 10.2. The zero-order valence-electron chi connectivity index (χ0n) is 8.66. The number of hydrogen-bond acceptors (Lipinski definition) is 1. The third-order valence-electron chi connectivity index (χ3n) is 2.40. The molecule has 0 saturated heterocycles. The van der Waals surface area contributed by atoms with Gasteiger partial charge in [-0.2, -0.15) is 0 Å². The number of ketones is 1. The number of benzene rings is 2. The van der Waals surface area contributed by atoms with Gasteiger partial charge in [-0.05, 0) is 29.3 Å². The summed E-state index contributed by atoms with van der Waals surface area (Å²) in [6.45, 7) is 5.40. The van der Waals surface area contributed by atoms with Crippen LogP contribution in [0.25, 0.3) is 10.8 Å². The van der Waals surface area contributed by atoms with Crippen LogP contribution in [-0.4, -0.2) is 5.78 Å². The van der Waals surface area contributed by atoms with E-state index in [4.69, 9.17) is 0 Å². The highest BCUT2D eigenvalue weighted by Gasteiger charge is 2.06. The standard InChI is InChI=1S/C14H12O/c1-10(2)14(15)13-8-7-11-5-3-4-6-12(11)9-13/h3-9H,1H2,2H3. The molecule has 0 spiro atoms. The van der Waals surface area contributed by atoms with Crippen molar-refractivity contribution in [3.8, 4) is 0 Å². The summed E-state index contributed by atoms with van der Waals surface area (Å²) in [5.74, 6) is 0.0146. The maximum absolute atomic E-state index is 11.7. The Morgan fingerprint density at radius 1 is 1.07 bits per heavy atom. The molecule has 0 aliphatic heterocycles. The van der Waals surface area contributed by atoms with Gasteiger partial charge in [0, 0.05) is 5.56 Å². The number of allylic oxidation sites excluding steroid dienone is 1. The van der Waals surface area contributed by atoms with Gasteiger partial charge in [0.1, 0.15) is 0 Å². The van der Waals surface area contributed by atoms with E-state index in [0.29, 0.717) is 11.1 Å². The summed E-state index contributed by atoms with van der Waals surface area (Å²) >= 11 is 0. The molecule has 0 fully saturated rings. The van der Waals surface area contributed by atoms with Crippen LogP contribution in [0.4, 0.5) is 0 Å². The molecular weight excluding hydrogens is 184 g/mol. The fraction of sp³-hybridized carbons (Fsp3) is 0.0714. The molecule has 0 aromatic heterocycles. The van der Waals surface area contributed by atoms with Crippen molar-refractivity contribution in [1.29, 1.82) is 0 Å². The highest BCUT2D eigenvalue weighted by atomic mass is 16.1. The molecule has 0 saturated carbocycles. The van der Waals surface area contributed by atoms with Gasteiger partial charge in [-0.1, -0.05) is 43.0 Å². The van der Waals surface area contributed by atoms with E-state index < -0.39 is 0 Å². The molecule has 0 bridgehead atoms. The molecule has 2 rings (SSSR count). The van der Waals surface area contributed by atoms with Crippen molar-refractivity contribution in [3.05, 3.63) is 60.2 Å². The van der Waals surface area contributed by atoms with Gasteiger partial charge in [-0.3, -0.25) is 4.79 Å². The van der Waals surface area contributed by atoms with Crippen LogP contribution >= 0.6 is 0 Å². The topological polar surface area (TPSA) is 17.1 Å². The molecule has 2 aromatic rings. The number of carbonyl (C=O) groups excluding carboxylic acids is 1. The minimum atomic E-state index is 0.0146. The molecule has 0 heterocycles. The van der Waals surface area contributed by atoms with E-state index in [2.05, 4.69) is 6.58 Å². The van der Waals surface area contributed by atoms with Crippen LogP contribution in [0, 0.1) is 0 Å². The lowest BCUT2D eigenvalue weighted by Gasteiger charge is -2.02. The van der Waals surface area contributed by atoms with E-state index in [1.165, 1.54) is 0 Å². The molecule has 0 aliphatic rings. The Labute approximate surface area is 89.0 Å². The fourth-order valence-corrected chi connectivity index (χ4v) is 1.58. The second-order valence-electron chi connectivity index (χ2n) is 3.67. The van der Waals surface area contributed by atoms with Gasteiger partial charge in [-0.15, -0.1) is 0 Å². The van der Waals surface area contributed by atoms with Gasteiger partial charge in [0.15, 0.2) is 5.78 Å². The van der Waals surface area contributed by atoms with Crippen LogP contribution in [0.2, 0.25) is 0 Å². The van der Waals surface area contributed by atoms with Gasteiger partial charge in [-0.25, -0.2) is 0 Å². The average Bonchev–Trinajstić information content (AvgIpc) is 2.27. The summed E-state index contributed by atoms with van der Waals surface area (Å²) in [6.07, 6.45) is 0. The molecule has 1 heteroatoms. The monoisotopic (exact) mass is 196 g/mol. The van der Waals surface area contributed by atoms with Crippen molar-refractivity contribution in [2.45, 2.75) is 6.92 Å². The Morgan fingerprint density at radius 3 is 2.40 bits per heavy atom. The van der Waals surface area contributed by atoms with E-state index in [9.17, 15) is 4.79 Å². The Balaban J connectivity index is 2.56. The maximum Gasteiger partial charge on any atom is 0.188 e. The van der Waals surface area contributed by atoms with Crippen molar-refractivity contribution in [3.63, 3.8) is 0 Å². The molecule has 2 aromatic carbocycles. The van der Waals surface area contributed by atoms with E-state index in [-0.39, 0.29) is 5.78 Å². The smallest absolute Gasteiger partial charge is 0.188 e. The predicted octanol–water partition coefficient (Wildman–Crippen LogP) is 3.60. The molecular formula is C14H12O. The summed E-state index contributed by atoms with van der Waals surface area (Å²) < 4.78 is 0. The Kier molecular flexibility index (Phi) is 2.38. The summed E-state index contributed by atoms with van der Waals surface area (Å²) in [5.41, 5.74) is 1.28. The third kappa shape index (κ3) is 1.82. The van der Waals surface area contributed by atoms with E-state index in [0.717, 1.165) is 10.8 Å². The van der Waals surface area contributed by atoms with Crippen molar-refractivity contribution in [2.24, 2.45) is 0 Å². The largest absolute Gasteiger partial charge is 0.289 e. The first-order valence-electron chi connectivity index (χ1n) is 4.87. The highest BCUT2D eigenvalue weighted by Crippen LogP contribution is 2.17. The second kappa shape index (κ2) is 3.70. The average molecular weight is 196 g/mol. The van der Waals surface area contributed by atoms with Crippen molar-refractivity contribution < 1.29 is 4.79 Å². The van der Waals surface area contributed by atoms with Crippen molar-refractivity contribution in [2.75, 3.05) is 0 Å². The first-order chi connectivity index (χ1) is 7.18. The summed E-state index contributed by atoms with van der Waals surface area (Å²) in [5, 5.41) is 2.24. The number of carbonyl (C=O) groups is 1. The molecule has 1 nitrogen and oxygen atoms in total. The first kappa shape index (κ1) is 9.66. The van der Waals surface area contributed by atoms with Gasteiger partial charge >= 0.3 is 0 Å². The molecule has 74 valence electrons. The quantitative estimate of drug-likeness (QED) is 0.529. The Bertz CT molecular complexity index is 538. The molecule has 0 N–H and O–H groups in total. The number of Topliss-reactive ketones (excluding diaryl/α,β-unsaturated/α-hetero) is 1. The van der Waals surface area contributed by atoms with Crippen LogP contribution in [0.3, 0.4) is 0 Å². The second-order valence-corrected chi connectivity index (χ2v) is 3.67. The van der Waals surface area contributed by atoms with Crippen LogP contribution in [0.5, 0.6) is 0 Å². The number of fused-ring (bicyclic) bond motifs is 1. The summed E-state index contributed by atoms with van der Waals surface area (Å²) in [7, 11) is 0. The fourth-order valence-electron chi connectivity index (χ4n) is 1.58. The van der Waals surface area contributed by atoms with Gasteiger partial charge in [0.05, 0.1) is 0 Å². The zero-order chi connectivity index (χ0) is 10.8. The van der Waals surface area contributed by atoms with Gasteiger partial charge in [0.25, 0.3) is 0 Å². The van der Waals surface area contributed by atoms with Crippen LogP contribution < -0.4 is 0 Å². The molecule has 15 heavy (non-hydrogen) atoms. The van der Waals surface area contributed by atoms with Crippen LogP contribution in [-0.2, 0) is 0 Å². The van der Waals surface area contributed by atoms with Gasteiger partial charge in [0.2, 0.25) is 0 Å². The number of hydrogen-bond donors (Lipinski definition) is 0. The lowest BCUT2D eigenvalue weighted by atomic mass is 10.0. The Hall–Kier alpha value is -1.89. The molecule has 0 radical (unpaired) electrons. The van der Waals surface area contributed by atoms with Crippen LogP contribution in [0.1, 0.15) is 17.3 Å². The van der Waals surface area contributed by atoms with Crippen LogP contribution in [0.15, 0.2) is 54.6 Å². The third-order valence-corrected chi connectivity index (χ3v) is 2.40. The predicted molar refractivity (Wildman–Crippen MR) is 63.1 cm³/mol. The van der Waals surface area contributed by atoms with Crippen molar-refractivity contribution >= 4 is 16.6 Å². The minimum absolute atomic E-state index is 0.0146. The minimum Gasteiger partial charge on any atom is -0.289 e.